The van der Waals surface area contributed by atoms with Gasteiger partial charge in [-0.3, -0.25) is 0 Å². The average molecular weight is 208 g/mol. The summed E-state index contributed by atoms with van der Waals surface area (Å²) >= 11 is 0. The first-order chi connectivity index (χ1) is 7.31. The van der Waals surface area contributed by atoms with Crippen LogP contribution in [0.25, 0.3) is 0 Å². The first-order valence-electron chi connectivity index (χ1n) is 5.12. The average Bonchev–Trinajstić information content (AvgIpc) is 2.30. The third-order valence-electron chi connectivity index (χ3n) is 2.66. The molecular weight excluding hydrogens is 192 g/mol. The molecule has 1 aromatic carbocycles. The fourth-order valence-corrected chi connectivity index (χ4v) is 1.81. The van der Waals surface area contributed by atoms with E-state index < -0.39 is 0 Å². The van der Waals surface area contributed by atoms with Crippen LogP contribution < -0.4 is 10.6 Å². The molecule has 1 aliphatic heterocycles. The molecule has 82 valence electrons. The third-order valence-corrected chi connectivity index (χ3v) is 2.66. The van der Waals surface area contributed by atoms with Crippen LogP contribution in [-0.2, 0) is 4.74 Å². The second-order valence-corrected chi connectivity index (χ2v) is 3.70. The van der Waals surface area contributed by atoms with E-state index in [1.165, 1.54) is 0 Å². The van der Waals surface area contributed by atoms with Gasteiger partial charge in [-0.05, 0) is 24.3 Å². The number of nitrogens with two attached hydrogens (primary N) is 1. The highest BCUT2D eigenvalue weighted by molar-refractivity contribution is 5.54. The number of hydrogen-bond donors (Lipinski definition) is 2. The number of ether oxygens (including phenoxy) is 1. The summed E-state index contributed by atoms with van der Waals surface area (Å²) in [6.07, 6.45) is 0. The maximum Gasteiger partial charge on any atom is 0.0755 e. The topological polar surface area (TPSA) is 58.7 Å². The molecule has 3 N–H and O–H groups in total. The van der Waals surface area contributed by atoms with Crippen LogP contribution in [0.2, 0.25) is 0 Å². The number of hydrogen-bond acceptors (Lipinski definition) is 4. The molecule has 15 heavy (non-hydrogen) atoms. The minimum Gasteiger partial charge on any atom is -0.399 e. The number of aliphatic hydroxyl groups is 1. The van der Waals surface area contributed by atoms with Gasteiger partial charge in [0, 0.05) is 17.9 Å². The van der Waals surface area contributed by atoms with Crippen LogP contribution in [0, 0.1) is 0 Å². The monoisotopic (exact) mass is 208 g/mol. The predicted octanol–water partition coefficient (Wildman–Crippen LogP) is 0.466. The maximum atomic E-state index is 9.23. The fraction of sp³-hybridized carbons (Fsp3) is 0.455. The number of aliphatic hydroxyl groups excluding tert-OH is 1. The zero-order valence-corrected chi connectivity index (χ0v) is 8.60. The normalized spacial score (nSPS) is 21.7. The van der Waals surface area contributed by atoms with E-state index in [-0.39, 0.29) is 12.6 Å². The van der Waals surface area contributed by atoms with E-state index >= 15 is 0 Å². The Morgan fingerprint density at radius 2 is 2.13 bits per heavy atom. The van der Waals surface area contributed by atoms with E-state index in [2.05, 4.69) is 4.90 Å². The Morgan fingerprint density at radius 1 is 1.40 bits per heavy atom. The van der Waals surface area contributed by atoms with Gasteiger partial charge in [0.15, 0.2) is 0 Å². The molecule has 0 aromatic heterocycles. The Balaban J connectivity index is 2.16. The van der Waals surface area contributed by atoms with Crippen LogP contribution in [-0.4, -0.2) is 37.5 Å². The summed E-state index contributed by atoms with van der Waals surface area (Å²) in [6, 6.07) is 7.76. The predicted molar refractivity (Wildman–Crippen MR) is 59.9 cm³/mol. The van der Waals surface area contributed by atoms with Crippen molar-refractivity contribution in [3.05, 3.63) is 24.3 Å². The summed E-state index contributed by atoms with van der Waals surface area (Å²) in [5, 5.41) is 9.23. The van der Waals surface area contributed by atoms with Crippen molar-refractivity contribution < 1.29 is 9.84 Å². The van der Waals surface area contributed by atoms with Crippen molar-refractivity contribution in [2.24, 2.45) is 0 Å². The quantitative estimate of drug-likeness (QED) is 0.693. The number of nitrogens with zero attached hydrogens (tertiary/aromatic N) is 1. The van der Waals surface area contributed by atoms with E-state index in [9.17, 15) is 5.11 Å². The number of rotatable bonds is 2. The van der Waals surface area contributed by atoms with Crippen molar-refractivity contribution in [3.63, 3.8) is 0 Å². The Labute approximate surface area is 89.3 Å². The first-order valence-corrected chi connectivity index (χ1v) is 5.12. The molecule has 1 aromatic rings. The van der Waals surface area contributed by atoms with Crippen molar-refractivity contribution in [2.45, 2.75) is 6.04 Å². The molecule has 0 saturated carbocycles. The summed E-state index contributed by atoms with van der Waals surface area (Å²) in [5.74, 6) is 0. The number of morpholine rings is 1. The molecule has 1 fully saturated rings. The van der Waals surface area contributed by atoms with Gasteiger partial charge in [0.25, 0.3) is 0 Å². The Hall–Kier alpha value is -1.26. The summed E-state index contributed by atoms with van der Waals surface area (Å²) < 4.78 is 5.32. The highest BCUT2D eigenvalue weighted by Crippen LogP contribution is 2.20. The Bertz CT molecular complexity index is 313. The van der Waals surface area contributed by atoms with E-state index in [1.54, 1.807) is 0 Å². The molecule has 0 aliphatic carbocycles. The van der Waals surface area contributed by atoms with Gasteiger partial charge >= 0.3 is 0 Å². The summed E-state index contributed by atoms with van der Waals surface area (Å²) in [5.41, 5.74) is 7.48. The number of anilines is 2. The lowest BCUT2D eigenvalue weighted by molar-refractivity contribution is 0.0727. The zero-order chi connectivity index (χ0) is 10.7. The van der Waals surface area contributed by atoms with E-state index in [0.29, 0.717) is 13.2 Å². The molecule has 1 saturated heterocycles. The van der Waals surface area contributed by atoms with Gasteiger partial charge < -0.3 is 20.5 Å². The van der Waals surface area contributed by atoms with Gasteiger partial charge in [0.05, 0.1) is 25.9 Å². The second kappa shape index (κ2) is 4.51. The van der Waals surface area contributed by atoms with Crippen LogP contribution in [0.15, 0.2) is 24.3 Å². The molecule has 1 aliphatic rings. The van der Waals surface area contributed by atoms with Crippen LogP contribution in [0.4, 0.5) is 11.4 Å². The van der Waals surface area contributed by atoms with E-state index in [1.807, 2.05) is 24.3 Å². The van der Waals surface area contributed by atoms with Crippen molar-refractivity contribution in [2.75, 3.05) is 37.0 Å². The molecule has 1 atom stereocenters. The SMILES string of the molecule is Nc1ccc(N2CCOCC2CO)cc1. The third kappa shape index (κ3) is 2.22. The lowest BCUT2D eigenvalue weighted by Gasteiger charge is -2.36. The molecule has 4 nitrogen and oxygen atoms in total. The van der Waals surface area contributed by atoms with Gasteiger partial charge in [0.1, 0.15) is 0 Å². The number of nitrogen functional groups attached to an aromatic ring is 1. The lowest BCUT2D eigenvalue weighted by atomic mass is 10.2. The molecule has 0 radical (unpaired) electrons. The molecule has 2 rings (SSSR count). The van der Waals surface area contributed by atoms with Gasteiger partial charge in [-0.1, -0.05) is 0 Å². The van der Waals surface area contributed by atoms with Gasteiger partial charge in [-0.2, -0.15) is 0 Å². The van der Waals surface area contributed by atoms with E-state index in [0.717, 1.165) is 17.9 Å². The van der Waals surface area contributed by atoms with Crippen LogP contribution in [0.1, 0.15) is 0 Å². The highest BCUT2D eigenvalue weighted by Gasteiger charge is 2.22. The summed E-state index contributed by atoms with van der Waals surface area (Å²) in [6.45, 7) is 2.22. The van der Waals surface area contributed by atoms with Gasteiger partial charge in [0.2, 0.25) is 0 Å². The standard InChI is InChI=1S/C11H16N2O2/c12-9-1-3-10(4-2-9)13-5-6-15-8-11(13)7-14/h1-4,11,14H,5-8,12H2. The lowest BCUT2D eigenvalue weighted by Crippen LogP contribution is -2.47. The molecule has 0 spiro atoms. The van der Waals surface area contributed by atoms with E-state index in [4.69, 9.17) is 10.5 Å². The first kappa shape index (κ1) is 10.3. The minimum absolute atomic E-state index is 0.0578. The maximum absolute atomic E-state index is 9.23. The number of benzene rings is 1. The van der Waals surface area contributed by atoms with Crippen molar-refractivity contribution in [1.82, 2.24) is 0 Å². The molecule has 1 heterocycles. The minimum atomic E-state index is 0.0578. The zero-order valence-electron chi connectivity index (χ0n) is 8.60. The molecular formula is C11H16N2O2. The Kier molecular flexibility index (Phi) is 3.08. The van der Waals surface area contributed by atoms with Crippen molar-refractivity contribution in [3.8, 4) is 0 Å². The van der Waals surface area contributed by atoms with Gasteiger partial charge in [-0.15, -0.1) is 0 Å². The van der Waals surface area contributed by atoms with Crippen LogP contribution in [0.5, 0.6) is 0 Å². The smallest absolute Gasteiger partial charge is 0.0755 e. The van der Waals surface area contributed by atoms with Crippen LogP contribution >= 0.6 is 0 Å². The molecule has 4 heteroatoms. The summed E-state index contributed by atoms with van der Waals surface area (Å²) in [7, 11) is 0. The molecule has 0 amide bonds. The van der Waals surface area contributed by atoms with Crippen molar-refractivity contribution >= 4 is 11.4 Å². The molecule has 0 bridgehead atoms. The summed E-state index contributed by atoms with van der Waals surface area (Å²) in [4.78, 5) is 2.16. The largest absolute Gasteiger partial charge is 0.399 e. The Morgan fingerprint density at radius 3 is 2.80 bits per heavy atom. The highest BCUT2D eigenvalue weighted by atomic mass is 16.5. The fourth-order valence-electron chi connectivity index (χ4n) is 1.81. The second-order valence-electron chi connectivity index (χ2n) is 3.70. The van der Waals surface area contributed by atoms with Crippen LogP contribution in [0.3, 0.4) is 0 Å². The van der Waals surface area contributed by atoms with Gasteiger partial charge in [-0.25, -0.2) is 0 Å². The molecule has 1 unspecified atom stereocenters. The van der Waals surface area contributed by atoms with Crippen molar-refractivity contribution in [1.29, 1.82) is 0 Å².